The molecule has 0 radical (unpaired) electrons. The predicted molar refractivity (Wildman–Crippen MR) is 99.8 cm³/mol. The quantitative estimate of drug-likeness (QED) is 0.648. The van der Waals surface area contributed by atoms with Gasteiger partial charge in [-0.25, -0.2) is 0 Å². The fourth-order valence-electron chi connectivity index (χ4n) is 2.33. The average molecular weight is 400 g/mol. The topological polar surface area (TPSA) is 57.0 Å². The number of aromatic nitrogens is 3. The highest BCUT2D eigenvalue weighted by atomic mass is 79.9. The third-order valence-corrected chi connectivity index (χ3v) is 4.23. The molecule has 1 heterocycles. The standard InChI is InChI=1S/C19H18BrN3O2/c1-12(2)25-19-21-17(14-10-8-13(3)9-11-14)23(22-19)18(24)15-6-4-5-7-16(15)20/h4-12H,1-3H3. The number of ether oxygens (including phenoxy) is 1. The highest BCUT2D eigenvalue weighted by Crippen LogP contribution is 2.24. The summed E-state index contributed by atoms with van der Waals surface area (Å²) in [6.45, 7) is 5.79. The summed E-state index contributed by atoms with van der Waals surface area (Å²) in [5, 5.41) is 4.28. The van der Waals surface area contributed by atoms with E-state index in [1.807, 2.05) is 63.2 Å². The van der Waals surface area contributed by atoms with Crippen LogP contribution in [-0.2, 0) is 0 Å². The van der Waals surface area contributed by atoms with E-state index in [1.54, 1.807) is 6.07 Å². The highest BCUT2D eigenvalue weighted by Gasteiger charge is 2.21. The second kappa shape index (κ2) is 7.19. The Morgan fingerprint density at radius 3 is 2.44 bits per heavy atom. The minimum absolute atomic E-state index is 0.0831. The Labute approximate surface area is 154 Å². The van der Waals surface area contributed by atoms with Crippen molar-refractivity contribution in [2.45, 2.75) is 26.9 Å². The molecule has 0 aliphatic heterocycles. The molecule has 0 spiro atoms. The summed E-state index contributed by atoms with van der Waals surface area (Å²) in [5.41, 5.74) is 2.44. The first-order valence-corrected chi connectivity index (χ1v) is 8.75. The smallest absolute Gasteiger partial charge is 0.336 e. The van der Waals surface area contributed by atoms with Gasteiger partial charge in [-0.15, -0.1) is 5.10 Å². The Morgan fingerprint density at radius 2 is 1.80 bits per heavy atom. The maximum absolute atomic E-state index is 13.0. The minimum Gasteiger partial charge on any atom is -0.460 e. The van der Waals surface area contributed by atoms with Crippen molar-refractivity contribution in [2.24, 2.45) is 0 Å². The number of carbonyl (C=O) groups excluding carboxylic acids is 1. The van der Waals surface area contributed by atoms with Gasteiger partial charge in [0.2, 0.25) is 0 Å². The lowest BCUT2D eigenvalue weighted by atomic mass is 10.1. The number of hydrogen-bond donors (Lipinski definition) is 0. The largest absolute Gasteiger partial charge is 0.460 e. The number of aryl methyl sites for hydroxylation is 1. The average Bonchev–Trinajstić information content (AvgIpc) is 2.98. The molecule has 0 aliphatic carbocycles. The first-order chi connectivity index (χ1) is 12.0. The van der Waals surface area contributed by atoms with Crippen LogP contribution in [0.2, 0.25) is 0 Å². The molecular formula is C19H18BrN3O2. The molecule has 128 valence electrons. The highest BCUT2D eigenvalue weighted by molar-refractivity contribution is 9.10. The van der Waals surface area contributed by atoms with Crippen LogP contribution in [-0.4, -0.2) is 26.8 Å². The van der Waals surface area contributed by atoms with E-state index in [-0.39, 0.29) is 18.0 Å². The molecule has 0 saturated carbocycles. The summed E-state index contributed by atoms with van der Waals surface area (Å²) in [7, 11) is 0. The van der Waals surface area contributed by atoms with Crippen molar-refractivity contribution in [1.82, 2.24) is 14.8 Å². The van der Waals surface area contributed by atoms with Crippen LogP contribution in [0.4, 0.5) is 0 Å². The van der Waals surface area contributed by atoms with Gasteiger partial charge in [0, 0.05) is 10.0 Å². The van der Waals surface area contributed by atoms with E-state index < -0.39 is 0 Å². The molecule has 0 fully saturated rings. The van der Waals surface area contributed by atoms with Crippen LogP contribution in [0.3, 0.4) is 0 Å². The Hall–Kier alpha value is -2.47. The van der Waals surface area contributed by atoms with Crippen molar-refractivity contribution >= 4 is 21.8 Å². The van der Waals surface area contributed by atoms with Crippen molar-refractivity contribution in [3.63, 3.8) is 0 Å². The van der Waals surface area contributed by atoms with Crippen molar-refractivity contribution in [1.29, 1.82) is 0 Å². The zero-order valence-corrected chi connectivity index (χ0v) is 15.8. The first-order valence-electron chi connectivity index (χ1n) is 7.95. The van der Waals surface area contributed by atoms with E-state index in [2.05, 4.69) is 26.0 Å². The molecule has 0 aliphatic rings. The van der Waals surface area contributed by atoms with Crippen molar-refractivity contribution in [3.05, 3.63) is 64.1 Å². The molecule has 0 atom stereocenters. The number of halogens is 1. The molecule has 6 heteroatoms. The summed E-state index contributed by atoms with van der Waals surface area (Å²) >= 11 is 3.42. The maximum Gasteiger partial charge on any atom is 0.336 e. The van der Waals surface area contributed by atoms with Crippen LogP contribution < -0.4 is 4.74 Å². The van der Waals surface area contributed by atoms with E-state index >= 15 is 0 Å². The Morgan fingerprint density at radius 1 is 1.12 bits per heavy atom. The van der Waals surface area contributed by atoms with Gasteiger partial charge in [0.05, 0.1) is 11.7 Å². The molecule has 0 saturated heterocycles. The van der Waals surface area contributed by atoms with Gasteiger partial charge in [0.25, 0.3) is 5.91 Å². The Kier molecular flexibility index (Phi) is 4.99. The number of nitrogens with zero attached hydrogens (tertiary/aromatic N) is 3. The predicted octanol–water partition coefficient (Wildman–Crippen LogP) is 4.49. The molecule has 0 bridgehead atoms. The van der Waals surface area contributed by atoms with E-state index in [9.17, 15) is 4.79 Å². The monoisotopic (exact) mass is 399 g/mol. The van der Waals surface area contributed by atoms with Gasteiger partial charge in [0.15, 0.2) is 5.82 Å². The lowest BCUT2D eigenvalue weighted by Crippen LogP contribution is -2.16. The van der Waals surface area contributed by atoms with Gasteiger partial charge < -0.3 is 4.74 Å². The van der Waals surface area contributed by atoms with Gasteiger partial charge >= 0.3 is 6.01 Å². The summed E-state index contributed by atoms with van der Waals surface area (Å²) < 4.78 is 7.59. The number of rotatable bonds is 4. The second-order valence-corrected chi connectivity index (χ2v) is 6.80. The number of hydrogen-bond acceptors (Lipinski definition) is 4. The Balaban J connectivity index is 2.10. The SMILES string of the molecule is Cc1ccc(-c2nc(OC(C)C)nn2C(=O)c2ccccc2Br)cc1. The minimum atomic E-state index is -0.269. The first kappa shape index (κ1) is 17.4. The third kappa shape index (κ3) is 3.79. The molecule has 25 heavy (non-hydrogen) atoms. The molecular weight excluding hydrogens is 382 g/mol. The maximum atomic E-state index is 13.0. The summed E-state index contributed by atoms with van der Waals surface area (Å²) in [5.74, 6) is 0.186. The molecule has 3 rings (SSSR count). The van der Waals surface area contributed by atoms with Crippen LogP contribution in [0.25, 0.3) is 11.4 Å². The van der Waals surface area contributed by atoms with Crippen LogP contribution in [0.5, 0.6) is 6.01 Å². The van der Waals surface area contributed by atoms with Crippen LogP contribution in [0.15, 0.2) is 53.0 Å². The van der Waals surface area contributed by atoms with Gasteiger partial charge in [-0.2, -0.15) is 9.67 Å². The molecule has 0 amide bonds. The van der Waals surface area contributed by atoms with E-state index in [0.29, 0.717) is 15.9 Å². The zero-order valence-electron chi connectivity index (χ0n) is 14.2. The van der Waals surface area contributed by atoms with E-state index in [4.69, 9.17) is 4.74 Å². The summed E-state index contributed by atoms with van der Waals surface area (Å²) in [6.07, 6.45) is -0.0831. The summed E-state index contributed by atoms with van der Waals surface area (Å²) in [6, 6.07) is 15.2. The van der Waals surface area contributed by atoms with Crippen molar-refractivity contribution < 1.29 is 9.53 Å². The fraction of sp³-hybridized carbons (Fsp3) is 0.211. The van der Waals surface area contributed by atoms with Crippen LogP contribution in [0.1, 0.15) is 29.8 Å². The zero-order chi connectivity index (χ0) is 18.0. The third-order valence-electron chi connectivity index (χ3n) is 3.54. The van der Waals surface area contributed by atoms with Crippen molar-refractivity contribution in [2.75, 3.05) is 0 Å². The van der Waals surface area contributed by atoms with E-state index in [0.717, 1.165) is 11.1 Å². The molecule has 2 aromatic carbocycles. The van der Waals surface area contributed by atoms with Crippen LogP contribution in [0, 0.1) is 6.92 Å². The van der Waals surface area contributed by atoms with Gasteiger partial charge in [-0.1, -0.05) is 42.0 Å². The fourth-order valence-corrected chi connectivity index (χ4v) is 2.79. The van der Waals surface area contributed by atoms with Crippen LogP contribution >= 0.6 is 15.9 Å². The normalized spacial score (nSPS) is 10.9. The number of carbonyl (C=O) groups is 1. The van der Waals surface area contributed by atoms with Gasteiger partial charge in [0.1, 0.15) is 0 Å². The molecule has 0 unspecified atom stereocenters. The van der Waals surface area contributed by atoms with Gasteiger partial charge in [-0.3, -0.25) is 4.79 Å². The van der Waals surface area contributed by atoms with Gasteiger partial charge in [-0.05, 0) is 48.8 Å². The summed E-state index contributed by atoms with van der Waals surface area (Å²) in [4.78, 5) is 17.4. The molecule has 0 N–H and O–H groups in total. The lowest BCUT2D eigenvalue weighted by molar-refractivity contribution is 0.0942. The van der Waals surface area contributed by atoms with E-state index in [1.165, 1.54) is 4.68 Å². The Bertz CT molecular complexity index is 901. The molecule has 3 aromatic rings. The molecule has 5 nitrogen and oxygen atoms in total. The number of benzene rings is 2. The molecule has 1 aromatic heterocycles. The second-order valence-electron chi connectivity index (χ2n) is 5.95. The lowest BCUT2D eigenvalue weighted by Gasteiger charge is -2.06. The van der Waals surface area contributed by atoms with Crippen molar-refractivity contribution in [3.8, 4) is 17.4 Å².